The summed E-state index contributed by atoms with van der Waals surface area (Å²) in [5.74, 6) is -0.246. The Labute approximate surface area is 233 Å². The van der Waals surface area contributed by atoms with Gasteiger partial charge in [-0.1, -0.05) is 49.4 Å². The highest BCUT2D eigenvalue weighted by Crippen LogP contribution is 2.46. The number of ether oxygens (including phenoxy) is 1. The summed E-state index contributed by atoms with van der Waals surface area (Å²) in [6.07, 6.45) is 3.56. The summed E-state index contributed by atoms with van der Waals surface area (Å²) in [6, 6.07) is 27.3. The fraction of sp³-hybridized carbons (Fsp3) is 0.290. The maximum absolute atomic E-state index is 9.55. The van der Waals surface area contributed by atoms with Gasteiger partial charge < -0.3 is 25.2 Å². The standard InChI is InChI=1S/C27H30N2OS.C4H4O4/c1-19(20-13-15-22(30-2)16-14-20)27(23-9-7-17-28-23)29-24-10-4-3-8-21(24)18-31-26-12-6-5-11-25(26)29;5-3(6)1-2-4(7)8/h3-6,8,10-16,19,23,27-28H,7,9,17-18H2,1-2H3;1-2H,(H,5,6)(H,7,8)/b;2-1-. The van der Waals surface area contributed by atoms with Crippen LogP contribution in [0.3, 0.4) is 0 Å². The number of thioether (sulfide) groups is 1. The molecule has 3 N–H and O–H groups in total. The van der Waals surface area contributed by atoms with Crippen molar-refractivity contribution in [2.45, 2.75) is 48.4 Å². The van der Waals surface area contributed by atoms with Crippen LogP contribution in [-0.2, 0) is 15.3 Å². The molecule has 8 heteroatoms. The highest BCUT2D eigenvalue weighted by Gasteiger charge is 2.38. The van der Waals surface area contributed by atoms with Gasteiger partial charge in [0.2, 0.25) is 0 Å². The zero-order chi connectivity index (χ0) is 27.8. The third kappa shape index (κ3) is 7.02. The second-order valence-corrected chi connectivity index (χ2v) is 10.5. The van der Waals surface area contributed by atoms with E-state index in [1.54, 1.807) is 7.11 Å². The van der Waals surface area contributed by atoms with E-state index in [4.69, 9.17) is 14.9 Å². The molecule has 5 rings (SSSR count). The molecule has 39 heavy (non-hydrogen) atoms. The fourth-order valence-electron chi connectivity index (χ4n) is 5.25. The molecule has 0 bridgehead atoms. The molecule has 0 aliphatic carbocycles. The number of carboxylic acids is 2. The SMILES string of the molecule is COc1ccc(C(C)C(C2CCCN2)N2c3ccccc3CSc3ccccc32)cc1.O=C(O)/C=C\C(=O)O. The predicted octanol–water partition coefficient (Wildman–Crippen LogP) is 6.08. The molecule has 2 heterocycles. The van der Waals surface area contributed by atoms with Crippen LogP contribution in [0, 0.1) is 0 Å². The van der Waals surface area contributed by atoms with Crippen molar-refractivity contribution in [2.75, 3.05) is 18.6 Å². The van der Waals surface area contributed by atoms with Gasteiger partial charge in [-0.05, 0) is 60.8 Å². The van der Waals surface area contributed by atoms with Crippen LogP contribution >= 0.6 is 11.8 Å². The van der Waals surface area contributed by atoms with E-state index >= 15 is 0 Å². The average molecular weight is 547 g/mol. The highest BCUT2D eigenvalue weighted by atomic mass is 32.2. The Morgan fingerprint density at radius 1 is 0.974 bits per heavy atom. The molecule has 204 valence electrons. The molecule has 3 aromatic carbocycles. The number of rotatable bonds is 7. The van der Waals surface area contributed by atoms with Crippen molar-refractivity contribution in [2.24, 2.45) is 0 Å². The third-order valence-corrected chi connectivity index (χ3v) is 8.20. The maximum atomic E-state index is 9.55. The van der Waals surface area contributed by atoms with Crippen LogP contribution in [0.5, 0.6) is 5.75 Å². The zero-order valence-electron chi connectivity index (χ0n) is 22.1. The highest BCUT2D eigenvalue weighted by molar-refractivity contribution is 7.98. The molecule has 0 aromatic heterocycles. The number of fused-ring (bicyclic) bond motifs is 2. The molecule has 2 aliphatic heterocycles. The molecule has 0 saturated carbocycles. The number of anilines is 2. The number of hydrogen-bond acceptors (Lipinski definition) is 6. The lowest BCUT2D eigenvalue weighted by Crippen LogP contribution is -2.49. The summed E-state index contributed by atoms with van der Waals surface area (Å²) < 4.78 is 5.41. The first-order valence-corrected chi connectivity index (χ1v) is 14.0. The van der Waals surface area contributed by atoms with Crippen molar-refractivity contribution in [3.05, 3.63) is 96.1 Å². The van der Waals surface area contributed by atoms with Crippen molar-refractivity contribution < 1.29 is 24.5 Å². The van der Waals surface area contributed by atoms with Gasteiger partial charge in [-0.15, -0.1) is 11.8 Å². The van der Waals surface area contributed by atoms with Gasteiger partial charge in [-0.2, -0.15) is 0 Å². The van der Waals surface area contributed by atoms with Crippen LogP contribution in [0.15, 0.2) is 89.8 Å². The van der Waals surface area contributed by atoms with Gasteiger partial charge in [-0.25, -0.2) is 9.59 Å². The minimum Gasteiger partial charge on any atom is -0.497 e. The molecule has 2 aliphatic rings. The minimum absolute atomic E-state index is 0.317. The maximum Gasteiger partial charge on any atom is 0.328 e. The molecule has 1 saturated heterocycles. The topological polar surface area (TPSA) is 99.1 Å². The van der Waals surface area contributed by atoms with Gasteiger partial charge >= 0.3 is 11.9 Å². The molecule has 7 nitrogen and oxygen atoms in total. The zero-order valence-corrected chi connectivity index (χ0v) is 22.9. The molecule has 3 unspecified atom stereocenters. The predicted molar refractivity (Wildman–Crippen MR) is 155 cm³/mol. The Morgan fingerprint density at radius 3 is 2.23 bits per heavy atom. The lowest BCUT2D eigenvalue weighted by atomic mass is 9.85. The van der Waals surface area contributed by atoms with Crippen molar-refractivity contribution >= 4 is 35.1 Å². The van der Waals surface area contributed by atoms with E-state index in [0.717, 1.165) is 18.0 Å². The lowest BCUT2D eigenvalue weighted by Gasteiger charge is -2.42. The van der Waals surface area contributed by atoms with E-state index in [9.17, 15) is 9.59 Å². The summed E-state index contributed by atoms with van der Waals surface area (Å²) in [5, 5.41) is 19.5. The Kier molecular flexibility index (Phi) is 9.68. The first-order valence-electron chi connectivity index (χ1n) is 13.0. The third-order valence-electron chi connectivity index (χ3n) is 7.09. The fourth-order valence-corrected chi connectivity index (χ4v) is 6.30. The van der Waals surface area contributed by atoms with Crippen molar-refractivity contribution in [3.8, 4) is 5.75 Å². The van der Waals surface area contributed by atoms with Gasteiger partial charge in [0.15, 0.2) is 0 Å². The largest absolute Gasteiger partial charge is 0.497 e. The van der Waals surface area contributed by atoms with Crippen LogP contribution in [0.2, 0.25) is 0 Å². The Bertz CT molecular complexity index is 1240. The number of aliphatic carboxylic acids is 2. The van der Waals surface area contributed by atoms with Crippen LogP contribution in [0.1, 0.15) is 36.8 Å². The molecule has 0 amide bonds. The summed E-state index contributed by atoms with van der Waals surface area (Å²) in [7, 11) is 1.73. The van der Waals surface area contributed by atoms with Crippen molar-refractivity contribution in [1.82, 2.24) is 5.32 Å². The van der Waals surface area contributed by atoms with E-state index in [1.165, 1.54) is 40.2 Å². The monoisotopic (exact) mass is 546 g/mol. The van der Waals surface area contributed by atoms with Crippen LogP contribution < -0.4 is 15.0 Å². The minimum atomic E-state index is -1.26. The van der Waals surface area contributed by atoms with Crippen LogP contribution in [0.25, 0.3) is 0 Å². The Hall–Kier alpha value is -3.75. The smallest absolute Gasteiger partial charge is 0.328 e. The molecule has 3 aromatic rings. The van der Waals surface area contributed by atoms with Crippen molar-refractivity contribution in [3.63, 3.8) is 0 Å². The summed E-state index contributed by atoms with van der Waals surface area (Å²) in [4.78, 5) is 23.1. The summed E-state index contributed by atoms with van der Waals surface area (Å²) in [5.41, 5.74) is 5.44. The van der Waals surface area contributed by atoms with E-state index in [-0.39, 0.29) is 0 Å². The number of carboxylic acid groups (broad SMARTS) is 2. The second kappa shape index (κ2) is 13.4. The van der Waals surface area contributed by atoms with E-state index in [1.807, 2.05) is 11.8 Å². The quantitative estimate of drug-likeness (QED) is 0.307. The number of benzene rings is 3. The molecule has 1 fully saturated rings. The van der Waals surface area contributed by atoms with Gasteiger partial charge in [-0.3, -0.25) is 0 Å². The van der Waals surface area contributed by atoms with E-state index < -0.39 is 11.9 Å². The average Bonchev–Trinajstić information content (AvgIpc) is 3.43. The normalized spacial score (nSPS) is 17.7. The van der Waals surface area contributed by atoms with Crippen LogP contribution in [0.4, 0.5) is 11.4 Å². The molecule has 0 radical (unpaired) electrons. The van der Waals surface area contributed by atoms with E-state index in [2.05, 4.69) is 89.9 Å². The van der Waals surface area contributed by atoms with Gasteiger partial charge in [0, 0.05) is 40.4 Å². The van der Waals surface area contributed by atoms with Crippen LogP contribution in [-0.4, -0.2) is 47.9 Å². The van der Waals surface area contributed by atoms with E-state index in [0.29, 0.717) is 30.2 Å². The lowest BCUT2D eigenvalue weighted by molar-refractivity contribution is -0.134. The number of carbonyl (C=O) groups is 2. The van der Waals surface area contributed by atoms with Gasteiger partial charge in [0.25, 0.3) is 0 Å². The summed E-state index contributed by atoms with van der Waals surface area (Å²) in [6.45, 7) is 3.48. The Balaban J connectivity index is 0.000000386. The van der Waals surface area contributed by atoms with Crippen molar-refractivity contribution in [1.29, 1.82) is 0 Å². The number of hydrogen-bond donors (Lipinski definition) is 3. The second-order valence-electron chi connectivity index (χ2n) is 9.52. The Morgan fingerprint density at radius 2 is 1.62 bits per heavy atom. The number of para-hydroxylation sites is 2. The first kappa shape index (κ1) is 28.3. The first-order chi connectivity index (χ1) is 18.9. The molecular formula is C31H34N2O5S. The molecular weight excluding hydrogens is 512 g/mol. The summed E-state index contributed by atoms with van der Waals surface area (Å²) >= 11 is 1.95. The number of methoxy groups -OCH3 is 1. The number of nitrogens with zero attached hydrogens (tertiary/aromatic N) is 1. The van der Waals surface area contributed by atoms with Gasteiger partial charge in [0.05, 0.1) is 18.8 Å². The number of nitrogens with one attached hydrogen (secondary N) is 1. The molecule has 0 spiro atoms. The molecule has 3 atom stereocenters. The van der Waals surface area contributed by atoms with Gasteiger partial charge in [0.1, 0.15) is 5.75 Å².